The molecule has 1 aliphatic carbocycles. The molecule has 1 aliphatic rings. The lowest BCUT2D eigenvalue weighted by Gasteiger charge is -2.29. The van der Waals surface area contributed by atoms with E-state index in [1.165, 1.54) is 0 Å². The molecule has 1 amide bonds. The van der Waals surface area contributed by atoms with Crippen molar-refractivity contribution in [3.05, 3.63) is 0 Å². The molecule has 0 aromatic rings. The molecule has 19 heavy (non-hydrogen) atoms. The Morgan fingerprint density at radius 1 is 1.32 bits per heavy atom. The second-order valence-electron chi connectivity index (χ2n) is 5.24. The maximum absolute atomic E-state index is 12.4. The van der Waals surface area contributed by atoms with E-state index >= 15 is 0 Å². The molecule has 1 fully saturated rings. The zero-order valence-corrected chi connectivity index (χ0v) is 11.8. The Balaban J connectivity index is 0.00000324. The van der Waals surface area contributed by atoms with E-state index in [0.29, 0.717) is 19.4 Å². The van der Waals surface area contributed by atoms with Gasteiger partial charge in [-0.25, -0.2) is 0 Å². The number of nitrogens with one attached hydrogen (secondary N) is 1. The number of rotatable bonds is 4. The van der Waals surface area contributed by atoms with Crippen molar-refractivity contribution in [2.45, 2.75) is 51.2 Å². The minimum Gasteiger partial charge on any atom is -0.356 e. The highest BCUT2D eigenvalue weighted by Crippen LogP contribution is 2.39. The molecule has 0 aromatic carbocycles. The lowest BCUT2D eigenvalue weighted by atomic mass is 9.81. The zero-order valence-electron chi connectivity index (χ0n) is 11.0. The van der Waals surface area contributed by atoms with E-state index < -0.39 is 12.1 Å². The fourth-order valence-corrected chi connectivity index (χ4v) is 2.32. The highest BCUT2D eigenvalue weighted by molar-refractivity contribution is 5.85. The molecule has 0 radical (unpaired) electrons. The van der Waals surface area contributed by atoms with Crippen molar-refractivity contribution >= 4 is 18.3 Å². The van der Waals surface area contributed by atoms with Crippen LogP contribution >= 0.6 is 12.4 Å². The molecule has 1 atom stereocenters. The molecule has 3 N–H and O–H groups in total. The van der Waals surface area contributed by atoms with Crippen LogP contribution in [0.4, 0.5) is 13.2 Å². The number of hydrogen-bond acceptors (Lipinski definition) is 2. The van der Waals surface area contributed by atoms with Gasteiger partial charge in [0.15, 0.2) is 0 Å². The second-order valence-corrected chi connectivity index (χ2v) is 5.24. The SMILES string of the molecule is CC(N)CC(=O)NCC1CCC(C(F)(F)F)CC1.Cl. The van der Waals surface area contributed by atoms with Crippen LogP contribution in [-0.4, -0.2) is 24.7 Å². The fraction of sp³-hybridized carbons (Fsp3) is 0.917. The lowest BCUT2D eigenvalue weighted by molar-refractivity contribution is -0.183. The smallest absolute Gasteiger partial charge is 0.356 e. The van der Waals surface area contributed by atoms with Crippen LogP contribution in [0.2, 0.25) is 0 Å². The number of carbonyl (C=O) groups is 1. The minimum atomic E-state index is -4.07. The van der Waals surface area contributed by atoms with Crippen molar-refractivity contribution in [1.82, 2.24) is 5.32 Å². The summed E-state index contributed by atoms with van der Waals surface area (Å²) in [5.41, 5.74) is 5.48. The Hall–Kier alpha value is -0.490. The Morgan fingerprint density at radius 3 is 2.26 bits per heavy atom. The zero-order chi connectivity index (χ0) is 13.8. The van der Waals surface area contributed by atoms with Gasteiger partial charge in [0.2, 0.25) is 5.91 Å². The van der Waals surface area contributed by atoms with Gasteiger partial charge in [0.05, 0.1) is 5.92 Å². The normalized spacial score (nSPS) is 25.3. The van der Waals surface area contributed by atoms with Crippen molar-refractivity contribution in [2.24, 2.45) is 17.6 Å². The van der Waals surface area contributed by atoms with Gasteiger partial charge in [-0.05, 0) is 38.5 Å². The first kappa shape index (κ1) is 18.5. The lowest BCUT2D eigenvalue weighted by Crippen LogP contribution is -2.36. The van der Waals surface area contributed by atoms with E-state index in [1.54, 1.807) is 6.92 Å². The van der Waals surface area contributed by atoms with Crippen molar-refractivity contribution in [1.29, 1.82) is 0 Å². The Labute approximate surface area is 117 Å². The van der Waals surface area contributed by atoms with Crippen molar-refractivity contribution in [3.8, 4) is 0 Å². The van der Waals surface area contributed by atoms with Gasteiger partial charge < -0.3 is 11.1 Å². The topological polar surface area (TPSA) is 55.1 Å². The van der Waals surface area contributed by atoms with Crippen molar-refractivity contribution in [2.75, 3.05) is 6.54 Å². The molecule has 3 nitrogen and oxygen atoms in total. The minimum absolute atomic E-state index is 0. The number of alkyl halides is 3. The van der Waals surface area contributed by atoms with E-state index in [0.717, 1.165) is 0 Å². The molecular weight excluding hydrogens is 281 g/mol. The maximum atomic E-state index is 12.4. The number of carbonyl (C=O) groups excluding carboxylic acids is 1. The van der Waals surface area contributed by atoms with Crippen LogP contribution in [0, 0.1) is 11.8 Å². The summed E-state index contributed by atoms with van der Waals surface area (Å²) in [6.07, 6.45) is -2.39. The van der Waals surface area contributed by atoms with Crippen molar-refractivity contribution in [3.63, 3.8) is 0 Å². The number of halogens is 4. The summed E-state index contributed by atoms with van der Waals surface area (Å²) < 4.78 is 37.3. The first-order valence-corrected chi connectivity index (χ1v) is 6.38. The van der Waals surface area contributed by atoms with Crippen LogP contribution in [0.1, 0.15) is 39.0 Å². The molecule has 114 valence electrons. The summed E-state index contributed by atoms with van der Waals surface area (Å²) >= 11 is 0. The molecule has 0 aromatic heterocycles. The monoisotopic (exact) mass is 302 g/mol. The summed E-state index contributed by atoms with van der Waals surface area (Å²) in [5, 5.41) is 2.74. The second kappa shape index (κ2) is 7.94. The molecule has 0 spiro atoms. The van der Waals surface area contributed by atoms with Gasteiger partial charge in [0.1, 0.15) is 0 Å². The van der Waals surface area contributed by atoms with Gasteiger partial charge in [-0.2, -0.15) is 13.2 Å². The van der Waals surface area contributed by atoms with E-state index in [-0.39, 0.29) is 49.5 Å². The first-order valence-electron chi connectivity index (χ1n) is 6.38. The van der Waals surface area contributed by atoms with Gasteiger partial charge in [-0.15, -0.1) is 12.4 Å². The number of nitrogens with two attached hydrogens (primary N) is 1. The third-order valence-electron chi connectivity index (χ3n) is 3.40. The van der Waals surface area contributed by atoms with Crippen LogP contribution in [0.15, 0.2) is 0 Å². The van der Waals surface area contributed by atoms with Crippen LogP contribution in [-0.2, 0) is 4.79 Å². The standard InChI is InChI=1S/C12H21F3N2O.ClH/c1-8(16)6-11(18)17-7-9-2-4-10(5-3-9)12(13,14)15;/h8-10H,2-7,16H2,1H3,(H,17,18);1H. The molecule has 1 saturated carbocycles. The third-order valence-corrected chi connectivity index (χ3v) is 3.40. The average molecular weight is 303 g/mol. The molecule has 1 rings (SSSR count). The quantitative estimate of drug-likeness (QED) is 0.839. The Kier molecular flexibility index (Phi) is 7.74. The van der Waals surface area contributed by atoms with Gasteiger partial charge in [-0.3, -0.25) is 4.79 Å². The summed E-state index contributed by atoms with van der Waals surface area (Å²) in [4.78, 5) is 11.3. The Morgan fingerprint density at radius 2 is 1.84 bits per heavy atom. The van der Waals surface area contributed by atoms with E-state index in [1.807, 2.05) is 0 Å². The summed E-state index contributed by atoms with van der Waals surface area (Å²) in [7, 11) is 0. The van der Waals surface area contributed by atoms with Crippen LogP contribution in [0.25, 0.3) is 0 Å². The third kappa shape index (κ3) is 7.01. The highest BCUT2D eigenvalue weighted by atomic mass is 35.5. The summed E-state index contributed by atoms with van der Waals surface area (Å²) in [5.74, 6) is -1.11. The van der Waals surface area contributed by atoms with E-state index in [4.69, 9.17) is 5.73 Å². The number of amides is 1. The van der Waals surface area contributed by atoms with Gasteiger partial charge >= 0.3 is 6.18 Å². The molecule has 0 saturated heterocycles. The molecular formula is C12H22ClF3N2O. The molecule has 7 heteroatoms. The van der Waals surface area contributed by atoms with Gasteiger partial charge in [0.25, 0.3) is 0 Å². The number of hydrogen-bond donors (Lipinski definition) is 2. The van der Waals surface area contributed by atoms with E-state index in [2.05, 4.69) is 5.32 Å². The largest absolute Gasteiger partial charge is 0.391 e. The van der Waals surface area contributed by atoms with Crippen LogP contribution < -0.4 is 11.1 Å². The van der Waals surface area contributed by atoms with Gasteiger partial charge in [0, 0.05) is 19.0 Å². The predicted molar refractivity (Wildman–Crippen MR) is 70.0 cm³/mol. The molecule has 0 aliphatic heterocycles. The molecule has 0 heterocycles. The summed E-state index contributed by atoms with van der Waals surface area (Å²) in [6, 6.07) is -0.189. The molecule has 0 bridgehead atoms. The first-order chi connectivity index (χ1) is 8.29. The molecule has 1 unspecified atom stereocenters. The van der Waals surface area contributed by atoms with E-state index in [9.17, 15) is 18.0 Å². The average Bonchev–Trinajstić information content (AvgIpc) is 2.25. The van der Waals surface area contributed by atoms with Crippen LogP contribution in [0.3, 0.4) is 0 Å². The van der Waals surface area contributed by atoms with Crippen molar-refractivity contribution < 1.29 is 18.0 Å². The Bertz CT molecular complexity index is 277. The van der Waals surface area contributed by atoms with Gasteiger partial charge in [-0.1, -0.05) is 0 Å². The van der Waals surface area contributed by atoms with Crippen LogP contribution in [0.5, 0.6) is 0 Å². The highest BCUT2D eigenvalue weighted by Gasteiger charge is 2.41. The predicted octanol–water partition coefficient (Wildman–Crippen LogP) is 2.63. The summed E-state index contributed by atoms with van der Waals surface area (Å²) in [6.45, 7) is 2.21. The fourth-order valence-electron chi connectivity index (χ4n) is 2.32. The maximum Gasteiger partial charge on any atom is 0.391 e.